The van der Waals surface area contributed by atoms with Gasteiger partial charge in [-0.25, -0.2) is 8.42 Å². The van der Waals surface area contributed by atoms with E-state index < -0.39 is 28.5 Å². The van der Waals surface area contributed by atoms with Gasteiger partial charge >= 0.3 is 0 Å². The molecule has 13 heteroatoms. The molecular weight excluding hydrogens is 622 g/mol. The molecule has 1 N–H and O–H groups in total. The van der Waals surface area contributed by atoms with E-state index in [9.17, 15) is 18.0 Å². The van der Waals surface area contributed by atoms with Crippen molar-refractivity contribution in [1.29, 1.82) is 0 Å². The Morgan fingerprint density at radius 2 is 1.56 bits per heavy atom. The molecule has 0 aliphatic rings. The Balaban J connectivity index is 2.17. The van der Waals surface area contributed by atoms with Crippen molar-refractivity contribution in [1.82, 2.24) is 10.2 Å². The highest BCUT2D eigenvalue weighted by atomic mass is 35.5. The van der Waals surface area contributed by atoms with E-state index in [2.05, 4.69) is 5.32 Å². The van der Waals surface area contributed by atoms with Gasteiger partial charge in [0.2, 0.25) is 11.8 Å². The van der Waals surface area contributed by atoms with Crippen molar-refractivity contribution in [2.24, 2.45) is 0 Å². The van der Waals surface area contributed by atoms with Gasteiger partial charge in [-0.1, -0.05) is 37.6 Å². The Bertz CT molecular complexity index is 1580. The van der Waals surface area contributed by atoms with E-state index in [1.807, 2.05) is 6.92 Å². The van der Waals surface area contributed by atoms with Crippen LogP contribution >= 0.6 is 11.6 Å². The summed E-state index contributed by atoms with van der Waals surface area (Å²) in [5.41, 5.74) is 0.733. The number of nitrogens with zero attached hydrogens (tertiary/aromatic N) is 2. The molecule has 0 aliphatic carbocycles. The maximum atomic E-state index is 14.4. The number of carbonyl (C=O) groups excluding carboxylic acids is 2. The largest absolute Gasteiger partial charge is 0.497 e. The maximum absolute atomic E-state index is 14.4. The summed E-state index contributed by atoms with van der Waals surface area (Å²) < 4.78 is 51.1. The van der Waals surface area contributed by atoms with Gasteiger partial charge in [-0.2, -0.15) is 0 Å². The number of hydrogen-bond acceptors (Lipinski definition) is 8. The Morgan fingerprint density at radius 3 is 2.18 bits per heavy atom. The van der Waals surface area contributed by atoms with Crippen molar-refractivity contribution in [3.05, 3.63) is 71.2 Å². The van der Waals surface area contributed by atoms with Crippen LogP contribution in [0.15, 0.2) is 65.6 Å². The molecule has 0 saturated heterocycles. The topological polar surface area (TPSA) is 124 Å². The van der Waals surface area contributed by atoms with Gasteiger partial charge < -0.3 is 29.2 Å². The van der Waals surface area contributed by atoms with Gasteiger partial charge in [-0.15, -0.1) is 0 Å². The number of hydrogen-bond donors (Lipinski definition) is 1. The Labute approximate surface area is 270 Å². The fourth-order valence-corrected chi connectivity index (χ4v) is 6.33. The molecule has 45 heavy (non-hydrogen) atoms. The molecule has 2 amide bonds. The number of ether oxygens (including phenoxy) is 4. The van der Waals surface area contributed by atoms with Gasteiger partial charge in [0.25, 0.3) is 10.0 Å². The molecular formula is C32H40ClN3O8S. The van der Waals surface area contributed by atoms with E-state index in [0.717, 1.165) is 4.31 Å². The van der Waals surface area contributed by atoms with Crippen LogP contribution in [-0.4, -0.2) is 72.7 Å². The fraction of sp³-hybridized carbons (Fsp3) is 0.375. The zero-order valence-corrected chi connectivity index (χ0v) is 27.9. The number of rotatable bonds is 16. The zero-order chi connectivity index (χ0) is 33.1. The summed E-state index contributed by atoms with van der Waals surface area (Å²) in [7, 11) is 1.29. The fourth-order valence-electron chi connectivity index (χ4n) is 4.73. The summed E-state index contributed by atoms with van der Waals surface area (Å²) in [5, 5.41) is 3.09. The van der Waals surface area contributed by atoms with Crippen molar-refractivity contribution in [2.45, 2.75) is 44.2 Å². The molecule has 0 aromatic heterocycles. The average Bonchev–Trinajstić information content (AvgIpc) is 3.05. The molecule has 1 atom stereocenters. The summed E-state index contributed by atoms with van der Waals surface area (Å²) in [6.07, 6.45) is 0.992. The number of benzene rings is 3. The van der Waals surface area contributed by atoms with E-state index in [0.29, 0.717) is 30.0 Å². The second-order valence-electron chi connectivity index (χ2n) is 9.93. The van der Waals surface area contributed by atoms with Crippen LogP contribution in [0.25, 0.3) is 0 Å². The molecule has 0 radical (unpaired) electrons. The smallest absolute Gasteiger partial charge is 0.265 e. The third-order valence-electron chi connectivity index (χ3n) is 7.05. The number of anilines is 1. The zero-order valence-electron chi connectivity index (χ0n) is 26.3. The van der Waals surface area contributed by atoms with E-state index in [1.54, 1.807) is 37.3 Å². The molecule has 0 unspecified atom stereocenters. The predicted octanol–water partition coefficient (Wildman–Crippen LogP) is 4.90. The number of sulfonamides is 1. The number of amides is 2. The summed E-state index contributed by atoms with van der Waals surface area (Å²) >= 11 is 6.33. The van der Waals surface area contributed by atoms with Crippen molar-refractivity contribution < 1.29 is 37.0 Å². The van der Waals surface area contributed by atoms with Gasteiger partial charge in [0.05, 0.1) is 39.0 Å². The second-order valence-corrected chi connectivity index (χ2v) is 12.2. The van der Waals surface area contributed by atoms with Crippen molar-refractivity contribution in [2.75, 3.05) is 45.8 Å². The van der Waals surface area contributed by atoms with Crippen LogP contribution in [-0.2, 0) is 26.2 Å². The predicted molar refractivity (Wildman–Crippen MR) is 173 cm³/mol. The second kappa shape index (κ2) is 16.2. The quantitative estimate of drug-likeness (QED) is 0.230. The van der Waals surface area contributed by atoms with E-state index in [1.165, 1.54) is 63.7 Å². The third-order valence-corrected chi connectivity index (χ3v) is 9.04. The minimum atomic E-state index is -4.45. The Morgan fingerprint density at radius 1 is 0.867 bits per heavy atom. The first kappa shape index (κ1) is 35.3. The Kier molecular flexibility index (Phi) is 12.7. The highest BCUT2D eigenvalue weighted by molar-refractivity contribution is 7.92. The maximum Gasteiger partial charge on any atom is 0.265 e. The summed E-state index contributed by atoms with van der Waals surface area (Å²) in [4.78, 5) is 28.9. The minimum Gasteiger partial charge on any atom is -0.497 e. The Hall–Kier alpha value is -4.16. The lowest BCUT2D eigenvalue weighted by Gasteiger charge is -2.33. The lowest BCUT2D eigenvalue weighted by atomic mass is 10.1. The van der Waals surface area contributed by atoms with Gasteiger partial charge in [0.15, 0.2) is 11.5 Å². The van der Waals surface area contributed by atoms with Crippen LogP contribution in [0.3, 0.4) is 0 Å². The van der Waals surface area contributed by atoms with Gasteiger partial charge in [-0.3, -0.25) is 13.9 Å². The average molecular weight is 662 g/mol. The standard InChI is InChI=1S/C32H40ClN3O8S/c1-7-16-34-32(38)26(8-2)35(20-22-10-9-11-24(17-22)41-3)31(37)21-36(27-18-23(33)12-14-28(27)42-4)45(39,40)25-13-15-29(43-5)30(19-25)44-6/h9-15,17-19,26H,7-8,16,20-21H2,1-6H3,(H,34,38)/t26-/m1/s1. The SMILES string of the molecule is CCCNC(=O)[C@@H](CC)N(Cc1cccc(OC)c1)C(=O)CN(c1cc(Cl)ccc1OC)S(=O)(=O)c1ccc(OC)c(OC)c1. The van der Waals surface area contributed by atoms with Crippen LogP contribution in [0.4, 0.5) is 5.69 Å². The first-order chi connectivity index (χ1) is 21.5. The lowest BCUT2D eigenvalue weighted by Crippen LogP contribution is -2.52. The molecule has 0 bridgehead atoms. The van der Waals surface area contributed by atoms with Gasteiger partial charge in [-0.05, 0) is 60.9 Å². The van der Waals surface area contributed by atoms with E-state index in [-0.39, 0.29) is 46.0 Å². The summed E-state index contributed by atoms with van der Waals surface area (Å²) in [6, 6.07) is 14.8. The normalized spacial score (nSPS) is 11.7. The van der Waals surface area contributed by atoms with Crippen molar-refractivity contribution >= 4 is 39.1 Å². The van der Waals surface area contributed by atoms with E-state index in [4.69, 9.17) is 30.5 Å². The molecule has 0 saturated carbocycles. The molecule has 0 spiro atoms. The van der Waals surface area contributed by atoms with Crippen molar-refractivity contribution in [3.8, 4) is 23.0 Å². The first-order valence-corrected chi connectivity index (χ1v) is 16.1. The minimum absolute atomic E-state index is 0.0189. The van der Waals surface area contributed by atoms with Gasteiger partial charge in [0, 0.05) is 24.2 Å². The molecule has 11 nitrogen and oxygen atoms in total. The van der Waals surface area contributed by atoms with Crippen LogP contribution in [0.2, 0.25) is 5.02 Å². The highest BCUT2D eigenvalue weighted by Gasteiger charge is 2.35. The molecule has 3 aromatic rings. The van der Waals surface area contributed by atoms with E-state index >= 15 is 0 Å². The number of carbonyl (C=O) groups is 2. The summed E-state index contributed by atoms with van der Waals surface area (Å²) in [6.45, 7) is 3.49. The third kappa shape index (κ3) is 8.52. The van der Waals surface area contributed by atoms with Crippen LogP contribution in [0.5, 0.6) is 23.0 Å². The number of halogens is 1. The molecule has 3 rings (SSSR count). The molecule has 3 aromatic carbocycles. The number of nitrogens with one attached hydrogen (secondary N) is 1. The highest BCUT2D eigenvalue weighted by Crippen LogP contribution is 2.37. The monoisotopic (exact) mass is 661 g/mol. The van der Waals surface area contributed by atoms with Gasteiger partial charge in [0.1, 0.15) is 24.1 Å². The van der Waals surface area contributed by atoms with Crippen LogP contribution in [0.1, 0.15) is 32.3 Å². The molecule has 0 fully saturated rings. The molecule has 0 aliphatic heterocycles. The van der Waals surface area contributed by atoms with Crippen molar-refractivity contribution in [3.63, 3.8) is 0 Å². The first-order valence-electron chi connectivity index (χ1n) is 14.3. The van der Waals surface area contributed by atoms with Crippen LogP contribution in [0, 0.1) is 0 Å². The molecule has 0 heterocycles. The molecule has 244 valence electrons. The lowest BCUT2D eigenvalue weighted by molar-refractivity contribution is -0.140. The number of methoxy groups -OCH3 is 4. The van der Waals surface area contributed by atoms with Crippen LogP contribution < -0.4 is 28.6 Å². The summed E-state index contributed by atoms with van der Waals surface area (Å²) in [5.74, 6) is 0.287.